The molecule has 1 aromatic carbocycles. The SMILES string of the molecule is N#Cc1cc(-c2c[nH]c3ncc(-c4cnn(CCN5CCOCC5)c4)cc23)ccc1CN1CCOCC1. The molecule has 6 rings (SSSR count). The van der Waals surface area contributed by atoms with Crippen LogP contribution >= 0.6 is 0 Å². The van der Waals surface area contributed by atoms with Crippen LogP contribution in [0.1, 0.15) is 11.1 Å². The number of H-pyrrole nitrogens is 1. The van der Waals surface area contributed by atoms with E-state index in [0.29, 0.717) is 5.56 Å². The van der Waals surface area contributed by atoms with Crippen LogP contribution in [0.25, 0.3) is 33.3 Å². The Hall–Kier alpha value is -3.55. The summed E-state index contributed by atoms with van der Waals surface area (Å²) < 4.78 is 12.9. The lowest BCUT2D eigenvalue weighted by atomic mass is 9.98. The molecule has 37 heavy (non-hydrogen) atoms. The molecule has 2 aliphatic rings. The van der Waals surface area contributed by atoms with Crippen molar-refractivity contribution in [2.24, 2.45) is 0 Å². The molecule has 2 fully saturated rings. The van der Waals surface area contributed by atoms with Crippen molar-refractivity contribution in [2.75, 3.05) is 59.2 Å². The summed E-state index contributed by atoms with van der Waals surface area (Å²) in [6.45, 7) is 9.44. The second kappa shape index (κ2) is 10.8. The number of pyridine rings is 1. The summed E-state index contributed by atoms with van der Waals surface area (Å²) in [5.41, 5.74) is 6.71. The summed E-state index contributed by atoms with van der Waals surface area (Å²) in [7, 11) is 0. The van der Waals surface area contributed by atoms with Crippen molar-refractivity contribution in [3.05, 3.63) is 60.2 Å². The summed E-state index contributed by atoms with van der Waals surface area (Å²) in [4.78, 5) is 12.7. The quantitative estimate of drug-likeness (QED) is 0.419. The predicted octanol–water partition coefficient (Wildman–Crippen LogP) is 3.13. The van der Waals surface area contributed by atoms with E-state index in [-0.39, 0.29) is 0 Å². The highest BCUT2D eigenvalue weighted by Crippen LogP contribution is 2.32. The highest BCUT2D eigenvalue weighted by Gasteiger charge is 2.16. The molecule has 0 unspecified atom stereocenters. The average Bonchev–Trinajstić information content (AvgIpc) is 3.60. The zero-order valence-corrected chi connectivity index (χ0v) is 20.9. The molecule has 2 aliphatic heterocycles. The topological polar surface area (TPSA) is 95.2 Å². The van der Waals surface area contributed by atoms with Gasteiger partial charge in [0.05, 0.1) is 50.8 Å². The Balaban J connectivity index is 1.22. The molecule has 0 saturated carbocycles. The van der Waals surface area contributed by atoms with Crippen molar-refractivity contribution in [1.29, 1.82) is 5.26 Å². The van der Waals surface area contributed by atoms with E-state index < -0.39 is 0 Å². The second-order valence-corrected chi connectivity index (χ2v) is 9.64. The summed E-state index contributed by atoms with van der Waals surface area (Å²) in [6.07, 6.45) is 7.86. The number of ether oxygens (including phenoxy) is 2. The van der Waals surface area contributed by atoms with E-state index in [4.69, 9.17) is 9.47 Å². The third kappa shape index (κ3) is 5.29. The Morgan fingerprint density at radius 3 is 2.46 bits per heavy atom. The van der Waals surface area contributed by atoms with E-state index in [1.165, 1.54) is 0 Å². The van der Waals surface area contributed by atoms with Crippen LogP contribution in [0.15, 0.2) is 49.1 Å². The number of morpholine rings is 2. The van der Waals surface area contributed by atoms with Crippen LogP contribution in [0.2, 0.25) is 0 Å². The highest BCUT2D eigenvalue weighted by atomic mass is 16.5. The number of aromatic amines is 1. The standard InChI is InChI=1S/C28H31N7O2/c29-15-23-13-21(1-2-22(23)19-34-7-11-37-12-8-34)27-18-31-28-26(27)14-24(16-30-28)25-17-32-35(20-25)4-3-33-5-9-36-10-6-33/h1-2,13-14,16-18,20H,3-12,19H2,(H,30,31). The van der Waals surface area contributed by atoms with Crippen molar-refractivity contribution in [3.8, 4) is 28.3 Å². The molecule has 0 radical (unpaired) electrons. The van der Waals surface area contributed by atoms with Crippen molar-refractivity contribution >= 4 is 11.0 Å². The molecule has 1 N–H and O–H groups in total. The zero-order valence-electron chi connectivity index (χ0n) is 20.9. The first-order valence-corrected chi connectivity index (χ1v) is 12.9. The molecule has 0 atom stereocenters. The van der Waals surface area contributed by atoms with E-state index in [1.54, 1.807) is 0 Å². The Labute approximate surface area is 216 Å². The van der Waals surface area contributed by atoms with Crippen molar-refractivity contribution in [2.45, 2.75) is 13.1 Å². The third-order valence-corrected chi connectivity index (χ3v) is 7.29. The molecule has 9 nitrogen and oxygen atoms in total. The monoisotopic (exact) mass is 497 g/mol. The van der Waals surface area contributed by atoms with Gasteiger partial charge in [-0.3, -0.25) is 14.5 Å². The fourth-order valence-electron chi connectivity index (χ4n) is 5.09. The Morgan fingerprint density at radius 1 is 0.892 bits per heavy atom. The first kappa shape index (κ1) is 23.8. The van der Waals surface area contributed by atoms with Crippen LogP contribution in [0.5, 0.6) is 0 Å². The van der Waals surface area contributed by atoms with Gasteiger partial charge in [-0.1, -0.05) is 12.1 Å². The number of aromatic nitrogens is 4. The molecule has 0 aliphatic carbocycles. The highest BCUT2D eigenvalue weighted by molar-refractivity contribution is 5.96. The van der Waals surface area contributed by atoms with Gasteiger partial charge < -0.3 is 14.5 Å². The van der Waals surface area contributed by atoms with Gasteiger partial charge in [-0.05, 0) is 23.3 Å². The van der Waals surface area contributed by atoms with Crippen LogP contribution in [-0.2, 0) is 22.6 Å². The van der Waals surface area contributed by atoms with Crippen molar-refractivity contribution in [3.63, 3.8) is 0 Å². The Morgan fingerprint density at radius 2 is 1.68 bits per heavy atom. The summed E-state index contributed by atoms with van der Waals surface area (Å²) in [6, 6.07) is 10.7. The lowest BCUT2D eigenvalue weighted by molar-refractivity contribution is 0.0341. The fourth-order valence-corrected chi connectivity index (χ4v) is 5.09. The maximum atomic E-state index is 9.87. The lowest BCUT2D eigenvalue weighted by Gasteiger charge is -2.27. The van der Waals surface area contributed by atoms with Crippen LogP contribution < -0.4 is 0 Å². The maximum Gasteiger partial charge on any atom is 0.137 e. The zero-order chi connectivity index (χ0) is 25.0. The molecular formula is C28H31N7O2. The Bertz CT molecular complexity index is 1410. The van der Waals surface area contributed by atoms with Crippen molar-refractivity contribution in [1.82, 2.24) is 29.5 Å². The molecular weight excluding hydrogens is 466 g/mol. The fraction of sp³-hybridized carbons (Fsp3) is 0.393. The number of rotatable bonds is 7. The van der Waals surface area contributed by atoms with Crippen LogP contribution in [-0.4, -0.2) is 88.7 Å². The second-order valence-electron chi connectivity index (χ2n) is 9.64. The number of nitrogens with one attached hydrogen (secondary N) is 1. The molecule has 3 aromatic heterocycles. The van der Waals surface area contributed by atoms with E-state index in [1.807, 2.05) is 29.3 Å². The maximum absolute atomic E-state index is 9.87. The van der Waals surface area contributed by atoms with Crippen LogP contribution in [0, 0.1) is 11.3 Å². The molecule has 2 saturated heterocycles. The largest absolute Gasteiger partial charge is 0.379 e. The van der Waals surface area contributed by atoms with Gasteiger partial charge in [-0.15, -0.1) is 0 Å². The molecule has 190 valence electrons. The average molecular weight is 498 g/mol. The van der Waals surface area contributed by atoms with Crippen LogP contribution in [0.3, 0.4) is 0 Å². The van der Waals surface area contributed by atoms with E-state index >= 15 is 0 Å². The molecule has 0 amide bonds. The molecule has 4 aromatic rings. The summed E-state index contributed by atoms with van der Waals surface area (Å²) in [5, 5.41) is 15.5. The van der Waals surface area contributed by atoms with Crippen LogP contribution in [0.4, 0.5) is 0 Å². The lowest BCUT2D eigenvalue weighted by Crippen LogP contribution is -2.38. The van der Waals surface area contributed by atoms with E-state index in [9.17, 15) is 5.26 Å². The first-order chi connectivity index (χ1) is 18.3. The smallest absolute Gasteiger partial charge is 0.137 e. The van der Waals surface area contributed by atoms with Gasteiger partial charge in [0.1, 0.15) is 5.65 Å². The first-order valence-electron chi connectivity index (χ1n) is 12.9. The van der Waals surface area contributed by atoms with Gasteiger partial charge in [0.2, 0.25) is 0 Å². The number of nitrogens with zero attached hydrogens (tertiary/aromatic N) is 6. The normalized spacial score (nSPS) is 17.3. The minimum absolute atomic E-state index is 0.712. The van der Waals surface area contributed by atoms with Crippen molar-refractivity contribution < 1.29 is 9.47 Å². The van der Waals surface area contributed by atoms with Gasteiger partial charge in [0.25, 0.3) is 0 Å². The number of fused-ring (bicyclic) bond motifs is 1. The van der Waals surface area contributed by atoms with Gasteiger partial charge in [-0.25, -0.2) is 4.98 Å². The molecule has 5 heterocycles. The third-order valence-electron chi connectivity index (χ3n) is 7.29. The summed E-state index contributed by atoms with van der Waals surface area (Å²) >= 11 is 0. The van der Waals surface area contributed by atoms with Gasteiger partial charge >= 0.3 is 0 Å². The van der Waals surface area contributed by atoms with Gasteiger partial charge in [0, 0.05) is 79.9 Å². The number of hydrogen-bond acceptors (Lipinski definition) is 7. The van der Waals surface area contributed by atoms with E-state index in [0.717, 1.165) is 111 Å². The predicted molar refractivity (Wildman–Crippen MR) is 141 cm³/mol. The molecule has 9 heteroatoms. The minimum atomic E-state index is 0.712. The van der Waals surface area contributed by atoms with E-state index in [2.05, 4.69) is 55.3 Å². The Kier molecular flexibility index (Phi) is 6.97. The number of hydrogen-bond donors (Lipinski definition) is 1. The number of nitriles is 1. The van der Waals surface area contributed by atoms with Gasteiger partial charge in [0.15, 0.2) is 0 Å². The van der Waals surface area contributed by atoms with Gasteiger partial charge in [-0.2, -0.15) is 10.4 Å². The minimum Gasteiger partial charge on any atom is -0.379 e. The molecule has 0 spiro atoms. The number of benzene rings is 1. The summed E-state index contributed by atoms with van der Waals surface area (Å²) in [5.74, 6) is 0. The molecule has 0 bridgehead atoms.